The Kier molecular flexibility index (Phi) is 3.55. The van der Waals surface area contributed by atoms with Crippen molar-refractivity contribution in [3.05, 3.63) is 33.9 Å². The van der Waals surface area contributed by atoms with Gasteiger partial charge in [-0.25, -0.2) is 0 Å². The van der Waals surface area contributed by atoms with Crippen LogP contribution in [0, 0.1) is 10.1 Å². The third-order valence-corrected chi connectivity index (χ3v) is 3.62. The van der Waals surface area contributed by atoms with Crippen molar-refractivity contribution in [1.29, 1.82) is 0 Å². The number of hydrogen-bond acceptors (Lipinski definition) is 3. The minimum Gasteiger partial charge on any atom is -0.326 e. The molecule has 1 aliphatic carbocycles. The van der Waals surface area contributed by atoms with E-state index in [1.807, 2.05) is 6.92 Å². The molecular weight excluding hydrogens is 244 g/mol. The summed E-state index contributed by atoms with van der Waals surface area (Å²) >= 11 is 0. The molecule has 5 nitrogen and oxygen atoms in total. The molecule has 1 aliphatic rings. The molecule has 0 aromatic heterocycles. The van der Waals surface area contributed by atoms with Gasteiger partial charge in [-0.1, -0.05) is 13.8 Å². The predicted octanol–water partition coefficient (Wildman–Crippen LogP) is 3.38. The van der Waals surface area contributed by atoms with Gasteiger partial charge in [-0.05, 0) is 36.3 Å². The summed E-state index contributed by atoms with van der Waals surface area (Å²) in [4.78, 5) is 22.1. The fourth-order valence-electron chi connectivity index (χ4n) is 2.15. The molecule has 19 heavy (non-hydrogen) atoms. The fourth-order valence-corrected chi connectivity index (χ4v) is 2.15. The van der Waals surface area contributed by atoms with Crippen LogP contribution in [0.3, 0.4) is 0 Å². The number of non-ortho nitro benzene ring substituents is 1. The van der Waals surface area contributed by atoms with E-state index in [2.05, 4.69) is 12.2 Å². The quantitative estimate of drug-likeness (QED) is 0.653. The first-order valence-electron chi connectivity index (χ1n) is 6.55. The second-order valence-corrected chi connectivity index (χ2v) is 5.35. The smallest absolute Gasteiger partial charge is 0.269 e. The van der Waals surface area contributed by atoms with E-state index in [-0.39, 0.29) is 17.0 Å². The van der Waals surface area contributed by atoms with E-state index in [9.17, 15) is 14.9 Å². The molecular formula is C14H18N2O3. The topological polar surface area (TPSA) is 72.2 Å². The molecule has 5 heteroatoms. The van der Waals surface area contributed by atoms with Crippen LogP contribution in [0.15, 0.2) is 18.2 Å². The Balaban J connectivity index is 2.32. The van der Waals surface area contributed by atoms with E-state index in [0.717, 1.165) is 24.8 Å². The Labute approximate surface area is 112 Å². The lowest BCUT2D eigenvalue weighted by atomic mass is 9.95. The highest BCUT2D eigenvalue weighted by Gasteiger charge is 2.41. The van der Waals surface area contributed by atoms with Gasteiger partial charge in [0.15, 0.2) is 0 Å². The van der Waals surface area contributed by atoms with Gasteiger partial charge in [-0.15, -0.1) is 0 Å². The van der Waals surface area contributed by atoms with Gasteiger partial charge < -0.3 is 5.32 Å². The van der Waals surface area contributed by atoms with Crippen molar-refractivity contribution < 1.29 is 9.72 Å². The highest BCUT2D eigenvalue weighted by Crippen LogP contribution is 2.50. The maximum atomic E-state index is 11.7. The number of benzene rings is 1. The van der Waals surface area contributed by atoms with Crippen LogP contribution < -0.4 is 5.32 Å². The molecule has 1 N–H and O–H groups in total. The number of nitro groups is 1. The van der Waals surface area contributed by atoms with Crippen LogP contribution in [-0.2, 0) is 10.2 Å². The molecule has 1 fully saturated rings. The molecule has 0 saturated heterocycles. The number of nitrogens with one attached hydrogen (secondary N) is 1. The predicted molar refractivity (Wildman–Crippen MR) is 73.2 cm³/mol. The number of rotatable bonds is 5. The van der Waals surface area contributed by atoms with Gasteiger partial charge in [0.2, 0.25) is 5.91 Å². The van der Waals surface area contributed by atoms with E-state index in [0.29, 0.717) is 12.1 Å². The van der Waals surface area contributed by atoms with E-state index in [4.69, 9.17) is 0 Å². The zero-order chi connectivity index (χ0) is 14.0. The van der Waals surface area contributed by atoms with Crippen LogP contribution >= 0.6 is 0 Å². The molecule has 2 rings (SSSR count). The molecule has 0 unspecified atom stereocenters. The molecule has 1 aromatic carbocycles. The lowest BCUT2D eigenvalue weighted by Gasteiger charge is -2.15. The zero-order valence-corrected chi connectivity index (χ0v) is 11.2. The summed E-state index contributed by atoms with van der Waals surface area (Å²) in [6.07, 6.45) is 3.26. The number of hydrogen-bond donors (Lipinski definition) is 1. The van der Waals surface area contributed by atoms with Gasteiger partial charge in [0, 0.05) is 24.2 Å². The first kappa shape index (κ1) is 13.5. The number of amides is 1. The lowest BCUT2D eigenvalue weighted by molar-refractivity contribution is -0.384. The van der Waals surface area contributed by atoms with E-state index in [1.54, 1.807) is 12.1 Å². The average Bonchev–Trinajstić information content (AvgIpc) is 3.09. The molecule has 1 saturated carbocycles. The summed E-state index contributed by atoms with van der Waals surface area (Å²) in [5.74, 6) is -0.0400. The van der Waals surface area contributed by atoms with Crippen LogP contribution in [0.25, 0.3) is 0 Å². The van der Waals surface area contributed by atoms with Gasteiger partial charge in [-0.3, -0.25) is 14.9 Å². The second-order valence-electron chi connectivity index (χ2n) is 5.35. The van der Waals surface area contributed by atoms with E-state index >= 15 is 0 Å². The molecule has 0 aliphatic heterocycles. The van der Waals surface area contributed by atoms with E-state index in [1.165, 1.54) is 6.07 Å². The molecule has 0 atom stereocenters. The van der Waals surface area contributed by atoms with Crippen LogP contribution in [0.2, 0.25) is 0 Å². The summed E-state index contributed by atoms with van der Waals surface area (Å²) in [7, 11) is 0. The van der Waals surface area contributed by atoms with Crippen molar-refractivity contribution in [2.75, 3.05) is 5.32 Å². The summed E-state index contributed by atoms with van der Waals surface area (Å²) in [6, 6.07) is 4.68. The van der Waals surface area contributed by atoms with E-state index < -0.39 is 4.92 Å². The standard InChI is InChI=1S/C14H18N2O3/c1-3-4-13(17)15-12-6-5-10(16(18)19)9-11(12)14(2)7-8-14/h5-6,9H,3-4,7-8H2,1-2H3,(H,15,17). The number of carbonyl (C=O) groups is 1. The van der Waals surface area contributed by atoms with Crippen molar-refractivity contribution >= 4 is 17.3 Å². The summed E-state index contributed by atoms with van der Waals surface area (Å²) in [6.45, 7) is 4.01. The van der Waals surface area contributed by atoms with Crippen molar-refractivity contribution in [3.8, 4) is 0 Å². The van der Waals surface area contributed by atoms with Crippen LogP contribution in [0.1, 0.15) is 45.1 Å². The van der Waals surface area contributed by atoms with Crippen LogP contribution in [0.5, 0.6) is 0 Å². The molecule has 102 valence electrons. The molecule has 1 amide bonds. The number of nitrogens with zero attached hydrogens (tertiary/aromatic N) is 1. The molecule has 0 radical (unpaired) electrons. The summed E-state index contributed by atoms with van der Waals surface area (Å²) in [5.41, 5.74) is 1.65. The zero-order valence-electron chi connectivity index (χ0n) is 11.2. The molecule has 0 bridgehead atoms. The lowest BCUT2D eigenvalue weighted by Crippen LogP contribution is -2.15. The van der Waals surface area contributed by atoms with Crippen molar-refractivity contribution in [3.63, 3.8) is 0 Å². The van der Waals surface area contributed by atoms with Crippen molar-refractivity contribution in [2.24, 2.45) is 0 Å². The van der Waals surface area contributed by atoms with Crippen LogP contribution in [-0.4, -0.2) is 10.8 Å². The Hall–Kier alpha value is -1.91. The third kappa shape index (κ3) is 2.92. The Morgan fingerprint density at radius 2 is 2.16 bits per heavy atom. The monoisotopic (exact) mass is 262 g/mol. The highest BCUT2D eigenvalue weighted by atomic mass is 16.6. The van der Waals surface area contributed by atoms with Gasteiger partial charge >= 0.3 is 0 Å². The third-order valence-electron chi connectivity index (χ3n) is 3.62. The van der Waals surface area contributed by atoms with Gasteiger partial charge in [-0.2, -0.15) is 0 Å². The second kappa shape index (κ2) is 4.99. The van der Waals surface area contributed by atoms with Gasteiger partial charge in [0.1, 0.15) is 0 Å². The maximum absolute atomic E-state index is 11.7. The Morgan fingerprint density at radius 3 is 2.68 bits per heavy atom. The first-order valence-corrected chi connectivity index (χ1v) is 6.55. The Bertz CT molecular complexity index is 521. The van der Waals surface area contributed by atoms with Crippen molar-refractivity contribution in [1.82, 2.24) is 0 Å². The first-order chi connectivity index (χ1) is 8.96. The van der Waals surface area contributed by atoms with Crippen LogP contribution in [0.4, 0.5) is 11.4 Å². The SMILES string of the molecule is CCCC(=O)Nc1ccc([N+](=O)[O-])cc1C1(C)CC1. The molecule has 0 heterocycles. The van der Waals surface area contributed by atoms with Gasteiger partial charge in [0.05, 0.1) is 4.92 Å². The minimum atomic E-state index is -0.396. The average molecular weight is 262 g/mol. The number of nitro benzene ring substituents is 1. The Morgan fingerprint density at radius 1 is 1.47 bits per heavy atom. The largest absolute Gasteiger partial charge is 0.326 e. The van der Waals surface area contributed by atoms with Gasteiger partial charge in [0.25, 0.3) is 5.69 Å². The number of anilines is 1. The normalized spacial score (nSPS) is 15.9. The molecule has 0 spiro atoms. The highest BCUT2D eigenvalue weighted by molar-refractivity contribution is 5.92. The summed E-state index contributed by atoms with van der Waals surface area (Å²) < 4.78 is 0. The number of carbonyl (C=O) groups excluding carboxylic acids is 1. The minimum absolute atomic E-state index is 0.0269. The maximum Gasteiger partial charge on any atom is 0.269 e. The fraction of sp³-hybridized carbons (Fsp3) is 0.500. The molecule has 1 aromatic rings. The van der Waals surface area contributed by atoms with Crippen molar-refractivity contribution in [2.45, 2.75) is 44.9 Å². The summed E-state index contributed by atoms with van der Waals surface area (Å²) in [5, 5.41) is 13.7.